The van der Waals surface area contributed by atoms with Crippen LogP contribution in [0.5, 0.6) is 0 Å². The van der Waals surface area contributed by atoms with E-state index < -0.39 is 35.6 Å². The van der Waals surface area contributed by atoms with E-state index in [0.29, 0.717) is 0 Å². The Kier molecular flexibility index (Phi) is 13.0. The molecule has 0 aliphatic carbocycles. The number of aromatic nitrogens is 1. The molecule has 256 valence electrons. The summed E-state index contributed by atoms with van der Waals surface area (Å²) < 4.78 is 10.2. The number of hydrazine groups is 1. The van der Waals surface area contributed by atoms with E-state index in [1.807, 2.05) is 103 Å². The molecule has 3 aromatic carbocycles. The number of nitrogens with zero attached hydrogens (tertiary/aromatic N) is 2. The Morgan fingerprint density at radius 1 is 0.755 bits per heavy atom. The summed E-state index contributed by atoms with van der Waals surface area (Å²) in [5.74, 6) is -0.898. The number of carbonyl (C=O) groups is 4. The molecular formula is C38H43N5O6. The van der Waals surface area contributed by atoms with Crippen molar-refractivity contribution in [1.29, 1.82) is 0 Å². The van der Waals surface area contributed by atoms with E-state index >= 15 is 0 Å². The third-order valence-electron chi connectivity index (χ3n) is 7.65. The van der Waals surface area contributed by atoms with Gasteiger partial charge in [-0.1, -0.05) is 112 Å². The van der Waals surface area contributed by atoms with Gasteiger partial charge in [-0.15, -0.1) is 0 Å². The van der Waals surface area contributed by atoms with Crippen molar-refractivity contribution >= 4 is 23.9 Å². The highest BCUT2D eigenvalue weighted by Gasteiger charge is 2.35. The standard InChI is InChI=1S/C38H43N5O6/c1-38(2,3)34(41-36(46)48-4)35(45)42-43(24-28-18-20-30(21-19-28)31-17-11-12-22-39-31)25-33(44)32(23-27-13-7-5-8-14-27)40-37(47)49-26-29-15-9-6-10-16-29/h5-22,32,34H,23-26H2,1-4H3,(H,40,47)(H,41,46)(H,42,45)/t32-,34-/m0/s1. The molecule has 0 spiro atoms. The Bertz CT molecular complexity index is 1660. The maximum atomic E-state index is 14.0. The van der Waals surface area contributed by atoms with E-state index in [2.05, 4.69) is 21.0 Å². The lowest BCUT2D eigenvalue weighted by Crippen LogP contribution is -2.58. The monoisotopic (exact) mass is 665 g/mol. The molecule has 11 nitrogen and oxygen atoms in total. The van der Waals surface area contributed by atoms with Crippen LogP contribution < -0.4 is 16.1 Å². The quantitative estimate of drug-likeness (QED) is 0.151. The van der Waals surface area contributed by atoms with Gasteiger partial charge in [-0.25, -0.2) is 14.6 Å². The molecule has 0 fully saturated rings. The number of amides is 3. The number of ketones is 1. The molecule has 0 aliphatic rings. The Hall–Kier alpha value is -5.55. The first-order valence-electron chi connectivity index (χ1n) is 16.0. The van der Waals surface area contributed by atoms with Crippen LogP contribution in [-0.2, 0) is 38.6 Å². The van der Waals surface area contributed by atoms with Gasteiger partial charge in [0.05, 0.1) is 25.4 Å². The molecule has 0 radical (unpaired) electrons. The molecule has 1 aromatic heterocycles. The normalized spacial score (nSPS) is 12.3. The summed E-state index contributed by atoms with van der Waals surface area (Å²) >= 11 is 0. The molecule has 3 N–H and O–H groups in total. The van der Waals surface area contributed by atoms with Gasteiger partial charge in [0.15, 0.2) is 5.78 Å². The van der Waals surface area contributed by atoms with Crippen molar-refractivity contribution in [3.05, 3.63) is 126 Å². The van der Waals surface area contributed by atoms with E-state index in [9.17, 15) is 19.2 Å². The molecule has 0 bridgehead atoms. The maximum absolute atomic E-state index is 14.0. The largest absolute Gasteiger partial charge is 0.453 e. The average molecular weight is 666 g/mol. The zero-order valence-electron chi connectivity index (χ0n) is 28.2. The van der Waals surface area contributed by atoms with Gasteiger partial charge in [-0.3, -0.25) is 20.0 Å². The minimum Gasteiger partial charge on any atom is -0.453 e. The van der Waals surface area contributed by atoms with Crippen molar-refractivity contribution in [1.82, 2.24) is 26.1 Å². The second-order valence-electron chi connectivity index (χ2n) is 12.6. The lowest BCUT2D eigenvalue weighted by atomic mass is 9.86. The van der Waals surface area contributed by atoms with Gasteiger partial charge in [0.2, 0.25) is 0 Å². The number of benzene rings is 3. The van der Waals surface area contributed by atoms with Gasteiger partial charge < -0.3 is 20.1 Å². The van der Waals surface area contributed by atoms with Gasteiger partial charge >= 0.3 is 12.2 Å². The highest BCUT2D eigenvalue weighted by molar-refractivity contribution is 5.90. The van der Waals surface area contributed by atoms with Crippen LogP contribution in [0.4, 0.5) is 9.59 Å². The number of rotatable bonds is 14. The van der Waals surface area contributed by atoms with E-state index in [0.717, 1.165) is 27.9 Å². The fourth-order valence-electron chi connectivity index (χ4n) is 5.04. The second-order valence-corrected chi connectivity index (χ2v) is 12.6. The fraction of sp³-hybridized carbons (Fsp3) is 0.289. The lowest BCUT2D eigenvalue weighted by Gasteiger charge is -2.33. The van der Waals surface area contributed by atoms with Crippen molar-refractivity contribution in [3.63, 3.8) is 0 Å². The summed E-state index contributed by atoms with van der Waals surface area (Å²) in [6.07, 6.45) is 0.421. The van der Waals surface area contributed by atoms with Crippen LogP contribution in [0, 0.1) is 5.41 Å². The molecule has 49 heavy (non-hydrogen) atoms. The highest BCUT2D eigenvalue weighted by atomic mass is 16.5. The number of hydrogen-bond acceptors (Lipinski definition) is 8. The zero-order valence-corrected chi connectivity index (χ0v) is 28.2. The predicted octanol–water partition coefficient (Wildman–Crippen LogP) is 5.46. The summed E-state index contributed by atoms with van der Waals surface area (Å²) in [6, 6.07) is 29.9. The summed E-state index contributed by atoms with van der Waals surface area (Å²) in [6.45, 7) is 5.33. The van der Waals surface area contributed by atoms with Gasteiger partial charge in [0, 0.05) is 18.3 Å². The number of nitrogens with one attached hydrogen (secondary N) is 3. The van der Waals surface area contributed by atoms with Crippen molar-refractivity contribution in [2.75, 3.05) is 13.7 Å². The van der Waals surface area contributed by atoms with Crippen molar-refractivity contribution in [2.45, 2.75) is 52.4 Å². The summed E-state index contributed by atoms with van der Waals surface area (Å²) in [5.41, 5.74) is 6.31. The number of Topliss-reactive ketones (excluding diaryl/α,β-unsaturated/α-hetero) is 1. The fourth-order valence-corrected chi connectivity index (χ4v) is 5.04. The van der Waals surface area contributed by atoms with Crippen LogP contribution in [0.15, 0.2) is 109 Å². The molecule has 0 unspecified atom stereocenters. The van der Waals surface area contributed by atoms with Gasteiger partial charge in [0.1, 0.15) is 12.6 Å². The Balaban J connectivity index is 1.56. The molecule has 0 aliphatic heterocycles. The average Bonchev–Trinajstić information content (AvgIpc) is 3.10. The maximum Gasteiger partial charge on any atom is 0.408 e. The Morgan fingerprint density at radius 3 is 1.98 bits per heavy atom. The van der Waals surface area contributed by atoms with Gasteiger partial charge in [-0.2, -0.15) is 0 Å². The number of ether oxygens (including phenoxy) is 2. The topological polar surface area (TPSA) is 139 Å². The van der Waals surface area contributed by atoms with Crippen molar-refractivity contribution in [2.24, 2.45) is 5.41 Å². The SMILES string of the molecule is COC(=O)N[C@@H](C(=O)NN(CC(=O)[C@H](Cc1ccccc1)NC(=O)OCc1ccccc1)Cc1ccc(-c2ccccn2)cc1)C(C)(C)C. The second kappa shape index (κ2) is 17.6. The Morgan fingerprint density at radius 2 is 1.39 bits per heavy atom. The minimum atomic E-state index is -0.990. The van der Waals surface area contributed by atoms with Crippen molar-refractivity contribution in [3.8, 4) is 11.3 Å². The molecule has 11 heteroatoms. The third-order valence-corrected chi connectivity index (χ3v) is 7.65. The molecule has 2 atom stereocenters. The Labute approximate surface area is 287 Å². The molecule has 3 amide bonds. The van der Waals surface area contributed by atoms with Crippen LogP contribution in [0.25, 0.3) is 11.3 Å². The number of pyridine rings is 1. The minimum absolute atomic E-state index is 0.0387. The van der Waals surface area contributed by atoms with Crippen LogP contribution >= 0.6 is 0 Å². The van der Waals surface area contributed by atoms with Crippen LogP contribution in [0.2, 0.25) is 0 Å². The zero-order chi connectivity index (χ0) is 35.2. The number of carbonyl (C=O) groups excluding carboxylic acids is 4. The van der Waals surface area contributed by atoms with Crippen LogP contribution in [-0.4, -0.2) is 59.6 Å². The van der Waals surface area contributed by atoms with E-state index in [1.165, 1.54) is 12.1 Å². The molecule has 0 saturated carbocycles. The molecule has 4 rings (SSSR count). The summed E-state index contributed by atoms with van der Waals surface area (Å²) in [7, 11) is 1.22. The molecule has 4 aromatic rings. The first-order valence-corrected chi connectivity index (χ1v) is 16.0. The molecule has 0 saturated heterocycles. The highest BCUT2D eigenvalue weighted by Crippen LogP contribution is 2.21. The molecule has 1 heterocycles. The predicted molar refractivity (Wildman–Crippen MR) is 186 cm³/mol. The first-order chi connectivity index (χ1) is 23.5. The summed E-state index contributed by atoms with van der Waals surface area (Å²) in [4.78, 5) is 57.2. The van der Waals surface area contributed by atoms with Crippen LogP contribution in [0.1, 0.15) is 37.5 Å². The number of hydrogen-bond donors (Lipinski definition) is 3. The van der Waals surface area contributed by atoms with Gasteiger partial charge in [-0.05, 0) is 40.7 Å². The number of alkyl carbamates (subject to hydrolysis) is 2. The smallest absolute Gasteiger partial charge is 0.408 e. The van der Waals surface area contributed by atoms with Crippen molar-refractivity contribution < 1.29 is 28.7 Å². The molecular weight excluding hydrogens is 622 g/mol. The summed E-state index contributed by atoms with van der Waals surface area (Å²) in [5, 5.41) is 6.81. The first kappa shape index (κ1) is 36.3. The van der Waals surface area contributed by atoms with E-state index in [1.54, 1.807) is 27.0 Å². The van der Waals surface area contributed by atoms with E-state index in [-0.39, 0.29) is 31.9 Å². The lowest BCUT2D eigenvalue weighted by molar-refractivity contribution is -0.132. The van der Waals surface area contributed by atoms with Crippen LogP contribution in [0.3, 0.4) is 0 Å². The van der Waals surface area contributed by atoms with Gasteiger partial charge in [0.25, 0.3) is 5.91 Å². The van der Waals surface area contributed by atoms with E-state index in [4.69, 9.17) is 9.47 Å². The third kappa shape index (κ3) is 11.6. The number of methoxy groups -OCH3 is 1.